The molecule has 2 N–H and O–H groups in total. The zero-order chi connectivity index (χ0) is 13.7. The van der Waals surface area contributed by atoms with Gasteiger partial charge in [-0.15, -0.1) is 12.4 Å². The summed E-state index contributed by atoms with van der Waals surface area (Å²) in [6.45, 7) is 3.99. The van der Waals surface area contributed by atoms with Crippen LogP contribution in [0.15, 0.2) is 24.3 Å². The van der Waals surface area contributed by atoms with Crippen molar-refractivity contribution >= 4 is 18.3 Å². The van der Waals surface area contributed by atoms with E-state index in [0.717, 1.165) is 30.8 Å². The largest absolute Gasteiger partial charge is 0.497 e. The number of benzene rings is 1. The fraction of sp³-hybridized carbons (Fsp3) is 0.533. The summed E-state index contributed by atoms with van der Waals surface area (Å²) in [5.41, 5.74) is 1.07. The number of carbonyl (C=O) groups is 1. The van der Waals surface area contributed by atoms with Crippen LogP contribution < -0.4 is 15.4 Å². The van der Waals surface area contributed by atoms with E-state index in [9.17, 15) is 4.79 Å². The molecule has 2 unspecified atom stereocenters. The molecule has 1 heterocycles. The molecule has 0 spiro atoms. The molecular formula is C15H23ClN2O2. The topological polar surface area (TPSA) is 50.4 Å². The molecule has 0 saturated carbocycles. The number of carbonyl (C=O) groups excluding carboxylic acids is 1. The number of hydrogen-bond acceptors (Lipinski definition) is 3. The fourth-order valence-corrected chi connectivity index (χ4v) is 2.45. The molecular weight excluding hydrogens is 276 g/mol. The van der Waals surface area contributed by atoms with E-state index in [1.54, 1.807) is 7.11 Å². The molecule has 0 aliphatic carbocycles. The van der Waals surface area contributed by atoms with Gasteiger partial charge in [0.15, 0.2) is 0 Å². The van der Waals surface area contributed by atoms with Crippen LogP contribution in [0, 0.1) is 5.92 Å². The van der Waals surface area contributed by atoms with E-state index in [1.165, 1.54) is 0 Å². The van der Waals surface area contributed by atoms with Gasteiger partial charge in [-0.1, -0.05) is 12.1 Å². The Balaban J connectivity index is 0.00000200. The van der Waals surface area contributed by atoms with E-state index in [0.29, 0.717) is 12.3 Å². The van der Waals surface area contributed by atoms with Crippen LogP contribution in [0.3, 0.4) is 0 Å². The smallest absolute Gasteiger partial charge is 0.220 e. The van der Waals surface area contributed by atoms with E-state index in [1.807, 2.05) is 31.2 Å². The number of nitrogens with one attached hydrogen (secondary N) is 2. The maximum atomic E-state index is 12.0. The van der Waals surface area contributed by atoms with Gasteiger partial charge in [0.1, 0.15) is 5.75 Å². The highest BCUT2D eigenvalue weighted by atomic mass is 35.5. The number of methoxy groups -OCH3 is 1. The highest BCUT2D eigenvalue weighted by Crippen LogP contribution is 2.19. The molecule has 1 amide bonds. The maximum Gasteiger partial charge on any atom is 0.220 e. The molecule has 0 bridgehead atoms. The highest BCUT2D eigenvalue weighted by Gasteiger charge is 2.19. The van der Waals surface area contributed by atoms with E-state index < -0.39 is 0 Å². The normalized spacial score (nSPS) is 19.0. The number of hydrogen-bond donors (Lipinski definition) is 2. The fourth-order valence-electron chi connectivity index (χ4n) is 2.45. The lowest BCUT2D eigenvalue weighted by Crippen LogP contribution is -2.28. The molecule has 2 rings (SSSR count). The number of halogens is 1. The van der Waals surface area contributed by atoms with Gasteiger partial charge >= 0.3 is 0 Å². The third-order valence-electron chi connectivity index (χ3n) is 3.61. The van der Waals surface area contributed by atoms with Crippen molar-refractivity contribution in [3.8, 4) is 5.75 Å². The van der Waals surface area contributed by atoms with Crippen molar-refractivity contribution in [1.82, 2.24) is 10.6 Å². The lowest BCUT2D eigenvalue weighted by Gasteiger charge is -2.16. The predicted octanol–water partition coefficient (Wildman–Crippen LogP) is 2.29. The average Bonchev–Trinajstić information content (AvgIpc) is 2.91. The summed E-state index contributed by atoms with van der Waals surface area (Å²) in [5, 5.41) is 6.33. The first-order valence-electron chi connectivity index (χ1n) is 6.83. The Hall–Kier alpha value is -1.26. The molecule has 1 fully saturated rings. The van der Waals surface area contributed by atoms with Gasteiger partial charge in [-0.05, 0) is 50.0 Å². The molecule has 1 aromatic carbocycles. The van der Waals surface area contributed by atoms with Crippen molar-refractivity contribution in [2.75, 3.05) is 20.2 Å². The Morgan fingerprint density at radius 2 is 2.35 bits per heavy atom. The SMILES string of the molecule is COc1cccc(C(C)NC(=O)CC2CCNC2)c1.Cl. The first-order chi connectivity index (χ1) is 9.19. The molecule has 1 aromatic rings. The second kappa shape index (κ2) is 8.12. The van der Waals surface area contributed by atoms with E-state index in [2.05, 4.69) is 10.6 Å². The summed E-state index contributed by atoms with van der Waals surface area (Å²) in [6, 6.07) is 7.82. The third-order valence-corrected chi connectivity index (χ3v) is 3.61. The first-order valence-corrected chi connectivity index (χ1v) is 6.83. The van der Waals surface area contributed by atoms with E-state index in [4.69, 9.17) is 4.74 Å². The zero-order valence-corrected chi connectivity index (χ0v) is 12.8. The number of ether oxygens (including phenoxy) is 1. The monoisotopic (exact) mass is 298 g/mol. The Bertz CT molecular complexity index is 434. The molecule has 4 nitrogen and oxygen atoms in total. The van der Waals surface area contributed by atoms with Crippen LogP contribution in [0.25, 0.3) is 0 Å². The summed E-state index contributed by atoms with van der Waals surface area (Å²) in [6.07, 6.45) is 1.71. The summed E-state index contributed by atoms with van der Waals surface area (Å²) < 4.78 is 5.20. The van der Waals surface area contributed by atoms with Gasteiger partial charge in [0.25, 0.3) is 0 Å². The van der Waals surface area contributed by atoms with Crippen molar-refractivity contribution in [2.45, 2.75) is 25.8 Å². The van der Waals surface area contributed by atoms with Crippen molar-refractivity contribution in [3.63, 3.8) is 0 Å². The molecule has 20 heavy (non-hydrogen) atoms. The summed E-state index contributed by atoms with van der Waals surface area (Å²) in [7, 11) is 1.65. The molecule has 1 saturated heterocycles. The number of amides is 1. The van der Waals surface area contributed by atoms with Gasteiger partial charge in [0.2, 0.25) is 5.91 Å². The standard InChI is InChI=1S/C15H22N2O2.ClH/c1-11(13-4-3-5-14(9-13)19-2)17-15(18)8-12-6-7-16-10-12;/h3-5,9,11-12,16H,6-8,10H2,1-2H3,(H,17,18);1H. The van der Waals surface area contributed by atoms with Crippen LogP contribution in [-0.4, -0.2) is 26.1 Å². The number of rotatable bonds is 5. The third kappa shape index (κ3) is 4.69. The molecule has 1 aliphatic rings. The van der Waals surface area contributed by atoms with E-state index in [-0.39, 0.29) is 24.4 Å². The molecule has 112 valence electrons. The van der Waals surface area contributed by atoms with Crippen LogP contribution in [0.2, 0.25) is 0 Å². The summed E-state index contributed by atoms with van der Waals surface area (Å²) >= 11 is 0. The van der Waals surface area contributed by atoms with Crippen LogP contribution in [-0.2, 0) is 4.79 Å². The molecule has 2 atom stereocenters. The molecule has 5 heteroatoms. The van der Waals surface area contributed by atoms with Crippen molar-refractivity contribution in [2.24, 2.45) is 5.92 Å². The van der Waals surface area contributed by atoms with Gasteiger partial charge < -0.3 is 15.4 Å². The maximum absolute atomic E-state index is 12.0. The Kier molecular flexibility index (Phi) is 6.82. The second-order valence-electron chi connectivity index (χ2n) is 5.13. The molecule has 1 aliphatic heterocycles. The Morgan fingerprint density at radius 3 is 3.00 bits per heavy atom. The lowest BCUT2D eigenvalue weighted by molar-refractivity contribution is -0.122. The van der Waals surface area contributed by atoms with Crippen LogP contribution in [0.4, 0.5) is 0 Å². The van der Waals surface area contributed by atoms with Gasteiger partial charge in [-0.3, -0.25) is 4.79 Å². The predicted molar refractivity (Wildman–Crippen MR) is 82.4 cm³/mol. The first kappa shape index (κ1) is 16.8. The van der Waals surface area contributed by atoms with Crippen LogP contribution >= 0.6 is 12.4 Å². The van der Waals surface area contributed by atoms with Crippen molar-refractivity contribution < 1.29 is 9.53 Å². The van der Waals surface area contributed by atoms with Crippen molar-refractivity contribution in [3.05, 3.63) is 29.8 Å². The molecule has 0 aromatic heterocycles. The van der Waals surface area contributed by atoms with Crippen LogP contribution in [0.5, 0.6) is 5.75 Å². The van der Waals surface area contributed by atoms with Gasteiger partial charge in [0, 0.05) is 6.42 Å². The zero-order valence-electron chi connectivity index (χ0n) is 12.0. The van der Waals surface area contributed by atoms with Gasteiger partial charge in [-0.25, -0.2) is 0 Å². The summed E-state index contributed by atoms with van der Waals surface area (Å²) in [4.78, 5) is 12.0. The average molecular weight is 299 g/mol. The second-order valence-corrected chi connectivity index (χ2v) is 5.13. The Labute approximate surface area is 126 Å². The minimum absolute atomic E-state index is 0. The highest BCUT2D eigenvalue weighted by molar-refractivity contribution is 5.85. The van der Waals surface area contributed by atoms with Crippen LogP contribution in [0.1, 0.15) is 31.4 Å². The minimum atomic E-state index is 0. The van der Waals surface area contributed by atoms with Crippen molar-refractivity contribution in [1.29, 1.82) is 0 Å². The van der Waals surface area contributed by atoms with Gasteiger partial charge in [0.05, 0.1) is 13.2 Å². The molecule has 0 radical (unpaired) electrons. The Morgan fingerprint density at radius 1 is 1.55 bits per heavy atom. The lowest BCUT2D eigenvalue weighted by atomic mass is 10.0. The minimum Gasteiger partial charge on any atom is -0.497 e. The van der Waals surface area contributed by atoms with Gasteiger partial charge in [-0.2, -0.15) is 0 Å². The van der Waals surface area contributed by atoms with E-state index >= 15 is 0 Å². The quantitative estimate of drug-likeness (QED) is 0.877. The summed E-state index contributed by atoms with van der Waals surface area (Å²) in [5.74, 6) is 1.43.